The average molecular weight is 500 g/mol. The Balaban J connectivity index is 1.61. The highest BCUT2D eigenvalue weighted by molar-refractivity contribution is 7.89. The average Bonchev–Trinajstić information content (AvgIpc) is 3.40. The lowest BCUT2D eigenvalue weighted by Crippen LogP contribution is -2.38. The van der Waals surface area contributed by atoms with Gasteiger partial charge in [0.25, 0.3) is 0 Å². The lowest BCUT2D eigenvalue weighted by Gasteiger charge is -2.25. The number of carbonyl (C=O) groups is 2. The van der Waals surface area contributed by atoms with E-state index in [9.17, 15) is 22.4 Å². The molecule has 0 radical (unpaired) electrons. The molecule has 10 heteroatoms. The number of benzene rings is 2. The van der Waals surface area contributed by atoms with E-state index in [0.29, 0.717) is 27.6 Å². The minimum Gasteiger partial charge on any atom is -0.443 e. The largest absolute Gasteiger partial charge is 0.443 e. The summed E-state index contributed by atoms with van der Waals surface area (Å²) in [6.07, 6.45) is 1.08. The SMILES string of the molecule is CC1c2cc(-c3cn(C(=O)OC(C)(C)C)c4cc(F)ccc34)ccc2S(=O)(=O)N1C1CNC(=O)C1. The van der Waals surface area contributed by atoms with Crippen molar-refractivity contribution in [3.8, 4) is 11.1 Å². The van der Waals surface area contributed by atoms with E-state index in [1.807, 2.05) is 0 Å². The van der Waals surface area contributed by atoms with Crippen LogP contribution >= 0.6 is 0 Å². The Morgan fingerprint density at radius 2 is 1.91 bits per heavy atom. The van der Waals surface area contributed by atoms with Gasteiger partial charge in [0.15, 0.2) is 0 Å². The first-order valence-electron chi connectivity index (χ1n) is 11.4. The summed E-state index contributed by atoms with van der Waals surface area (Å²) in [4.78, 5) is 24.8. The molecule has 1 aromatic heterocycles. The third-order valence-corrected chi connectivity index (χ3v) is 8.48. The zero-order chi connectivity index (χ0) is 25.3. The maximum atomic E-state index is 14.1. The zero-order valence-electron chi connectivity index (χ0n) is 19.8. The molecular formula is C25H26FN3O5S. The number of nitrogens with zero attached hydrogens (tertiary/aromatic N) is 2. The second kappa shape index (κ2) is 7.89. The smallest absolute Gasteiger partial charge is 0.419 e. The molecule has 2 aromatic carbocycles. The fourth-order valence-electron chi connectivity index (χ4n) is 4.91. The second-order valence-corrected chi connectivity index (χ2v) is 11.8. The highest BCUT2D eigenvalue weighted by Gasteiger charge is 2.46. The molecule has 3 heterocycles. The van der Waals surface area contributed by atoms with Crippen LogP contribution in [0.25, 0.3) is 22.0 Å². The third-order valence-electron chi connectivity index (χ3n) is 6.38. The number of carbonyl (C=O) groups excluding carboxylic acids is 2. The Labute approximate surface area is 202 Å². The van der Waals surface area contributed by atoms with E-state index < -0.39 is 39.6 Å². The summed E-state index contributed by atoms with van der Waals surface area (Å²) < 4.78 is 48.9. The van der Waals surface area contributed by atoms with Crippen LogP contribution < -0.4 is 5.32 Å². The molecule has 0 bridgehead atoms. The summed E-state index contributed by atoms with van der Waals surface area (Å²) in [6.45, 7) is 7.33. The zero-order valence-corrected chi connectivity index (χ0v) is 20.6. The number of nitrogens with one attached hydrogen (secondary N) is 1. The first-order valence-corrected chi connectivity index (χ1v) is 12.8. The normalized spacial score (nSPS) is 21.8. The van der Waals surface area contributed by atoms with Crippen molar-refractivity contribution in [1.82, 2.24) is 14.2 Å². The first-order chi connectivity index (χ1) is 16.4. The van der Waals surface area contributed by atoms with Crippen molar-refractivity contribution in [2.24, 2.45) is 0 Å². The predicted octanol–water partition coefficient (Wildman–Crippen LogP) is 4.18. The quantitative estimate of drug-likeness (QED) is 0.570. The number of rotatable bonds is 2. The Morgan fingerprint density at radius 1 is 1.17 bits per heavy atom. The van der Waals surface area contributed by atoms with Crippen LogP contribution in [0.1, 0.15) is 45.7 Å². The van der Waals surface area contributed by atoms with Gasteiger partial charge in [-0.3, -0.25) is 9.36 Å². The number of amides is 1. The van der Waals surface area contributed by atoms with Gasteiger partial charge >= 0.3 is 6.09 Å². The molecule has 2 aliphatic heterocycles. The van der Waals surface area contributed by atoms with Crippen molar-refractivity contribution in [2.75, 3.05) is 6.54 Å². The van der Waals surface area contributed by atoms with Crippen LogP contribution in [0.2, 0.25) is 0 Å². The van der Waals surface area contributed by atoms with E-state index in [1.54, 1.807) is 58.2 Å². The maximum Gasteiger partial charge on any atom is 0.419 e. The van der Waals surface area contributed by atoms with Gasteiger partial charge in [0, 0.05) is 36.2 Å². The Bertz CT molecular complexity index is 1490. The molecular weight excluding hydrogens is 473 g/mol. The van der Waals surface area contributed by atoms with Crippen molar-refractivity contribution < 1.29 is 27.1 Å². The van der Waals surface area contributed by atoms with E-state index in [4.69, 9.17) is 4.74 Å². The molecule has 2 aliphatic rings. The number of hydrogen-bond donors (Lipinski definition) is 1. The molecule has 35 heavy (non-hydrogen) atoms. The highest BCUT2D eigenvalue weighted by Crippen LogP contribution is 2.44. The van der Waals surface area contributed by atoms with Gasteiger partial charge in [0.2, 0.25) is 15.9 Å². The van der Waals surface area contributed by atoms with E-state index in [-0.39, 0.29) is 23.8 Å². The fourth-order valence-corrected chi connectivity index (χ4v) is 6.98. The van der Waals surface area contributed by atoms with Gasteiger partial charge in [-0.15, -0.1) is 0 Å². The number of ether oxygens (including phenoxy) is 1. The molecule has 1 saturated heterocycles. The maximum absolute atomic E-state index is 14.1. The van der Waals surface area contributed by atoms with E-state index >= 15 is 0 Å². The number of hydrogen-bond acceptors (Lipinski definition) is 5. The fraction of sp³-hybridized carbons (Fsp3) is 0.360. The summed E-state index contributed by atoms with van der Waals surface area (Å²) in [5, 5.41) is 3.33. The van der Waals surface area contributed by atoms with Crippen LogP contribution in [-0.2, 0) is 19.6 Å². The molecule has 0 spiro atoms. The van der Waals surface area contributed by atoms with Gasteiger partial charge in [0.1, 0.15) is 11.4 Å². The Morgan fingerprint density at radius 3 is 2.57 bits per heavy atom. The minimum absolute atomic E-state index is 0.124. The van der Waals surface area contributed by atoms with Crippen LogP contribution in [0.4, 0.5) is 9.18 Å². The molecule has 2 unspecified atom stereocenters. The lowest BCUT2D eigenvalue weighted by molar-refractivity contribution is -0.119. The Hall–Kier alpha value is -3.24. The van der Waals surface area contributed by atoms with Gasteiger partial charge in [-0.05, 0) is 69.2 Å². The first kappa shape index (κ1) is 23.5. The van der Waals surface area contributed by atoms with E-state index in [2.05, 4.69) is 5.32 Å². The summed E-state index contributed by atoms with van der Waals surface area (Å²) in [7, 11) is -3.77. The minimum atomic E-state index is -3.77. The number of sulfonamides is 1. The molecule has 8 nitrogen and oxygen atoms in total. The van der Waals surface area contributed by atoms with Crippen molar-refractivity contribution in [2.45, 2.75) is 56.7 Å². The molecule has 3 aromatic rings. The Kier molecular flexibility index (Phi) is 5.30. The van der Waals surface area contributed by atoms with Crippen LogP contribution in [-0.4, -0.2) is 47.5 Å². The van der Waals surface area contributed by atoms with Crippen LogP contribution in [0.3, 0.4) is 0 Å². The van der Waals surface area contributed by atoms with Crippen molar-refractivity contribution >= 4 is 32.9 Å². The van der Waals surface area contributed by atoms with Crippen molar-refractivity contribution in [3.63, 3.8) is 0 Å². The molecule has 1 fully saturated rings. The lowest BCUT2D eigenvalue weighted by atomic mass is 9.99. The third kappa shape index (κ3) is 3.90. The van der Waals surface area contributed by atoms with Gasteiger partial charge in [-0.25, -0.2) is 17.6 Å². The topological polar surface area (TPSA) is 97.7 Å². The van der Waals surface area contributed by atoms with Gasteiger partial charge in [0.05, 0.1) is 16.5 Å². The summed E-state index contributed by atoms with van der Waals surface area (Å²) in [5.74, 6) is -0.660. The molecule has 184 valence electrons. The van der Waals surface area contributed by atoms with Crippen LogP contribution in [0.5, 0.6) is 0 Å². The summed E-state index contributed by atoms with van der Waals surface area (Å²) >= 11 is 0. The van der Waals surface area contributed by atoms with Gasteiger partial charge in [-0.1, -0.05) is 6.07 Å². The molecule has 0 saturated carbocycles. The van der Waals surface area contributed by atoms with Gasteiger partial charge in [-0.2, -0.15) is 4.31 Å². The molecule has 0 aliphatic carbocycles. The van der Waals surface area contributed by atoms with E-state index in [0.717, 1.165) is 0 Å². The predicted molar refractivity (Wildman–Crippen MR) is 128 cm³/mol. The monoisotopic (exact) mass is 499 g/mol. The number of halogens is 1. The number of aromatic nitrogens is 1. The van der Waals surface area contributed by atoms with E-state index in [1.165, 1.54) is 21.0 Å². The standard InChI is InChI=1S/C25H26FN3O5S/c1-14-19-9-15(5-8-22(19)35(32,33)29(14)17-11-23(30)27-12-17)20-13-28(24(31)34-25(2,3)4)21-10-16(26)6-7-18(20)21/h5-10,13-14,17H,11-12H2,1-4H3,(H,27,30). The second-order valence-electron chi connectivity index (χ2n) is 9.98. The van der Waals surface area contributed by atoms with Crippen molar-refractivity contribution in [3.05, 3.63) is 54.0 Å². The molecule has 5 rings (SSSR count). The summed E-state index contributed by atoms with van der Waals surface area (Å²) in [6, 6.07) is 8.30. The van der Waals surface area contributed by atoms with Crippen molar-refractivity contribution in [1.29, 1.82) is 0 Å². The number of fused-ring (bicyclic) bond motifs is 2. The molecule has 1 amide bonds. The highest BCUT2D eigenvalue weighted by atomic mass is 32.2. The van der Waals surface area contributed by atoms with Crippen LogP contribution in [0.15, 0.2) is 47.5 Å². The van der Waals surface area contributed by atoms with Crippen LogP contribution in [0, 0.1) is 5.82 Å². The molecule has 1 N–H and O–H groups in total. The van der Waals surface area contributed by atoms with Gasteiger partial charge < -0.3 is 10.1 Å². The molecule has 2 atom stereocenters. The summed E-state index contributed by atoms with van der Waals surface area (Å²) in [5.41, 5.74) is 1.56.